The number of imidazole rings is 1. The molecule has 132 valence electrons. The molecule has 3 heteroatoms. The summed E-state index contributed by atoms with van der Waals surface area (Å²) in [5, 5.41) is 2.56. The second kappa shape index (κ2) is 6.58. The third-order valence-corrected chi connectivity index (χ3v) is 5.37. The summed E-state index contributed by atoms with van der Waals surface area (Å²) in [5.74, 6) is 0.973. The molecule has 1 heterocycles. The van der Waals surface area contributed by atoms with Crippen molar-refractivity contribution in [3.63, 3.8) is 0 Å². The monoisotopic (exact) mass is 343 g/mol. The van der Waals surface area contributed by atoms with Crippen LogP contribution >= 0.6 is 0 Å². The number of fused-ring (bicyclic) bond motifs is 2. The fourth-order valence-electron chi connectivity index (χ4n) is 3.63. The summed E-state index contributed by atoms with van der Waals surface area (Å²) in [6, 6.07) is 19.4. The van der Waals surface area contributed by atoms with E-state index in [0.29, 0.717) is 0 Å². The van der Waals surface area contributed by atoms with Crippen LogP contribution in [0.2, 0.25) is 0 Å². The minimum absolute atomic E-state index is 0.0574. The van der Waals surface area contributed by atoms with E-state index in [0.717, 1.165) is 24.3 Å². The van der Waals surface area contributed by atoms with Crippen molar-refractivity contribution in [1.82, 2.24) is 9.55 Å². The molecule has 0 bridgehead atoms. The third kappa shape index (κ3) is 2.78. The molecule has 3 aromatic carbocycles. The fourth-order valence-corrected chi connectivity index (χ4v) is 3.63. The van der Waals surface area contributed by atoms with Gasteiger partial charge in [0.1, 0.15) is 5.82 Å². The second-order valence-electron chi connectivity index (χ2n) is 7.13. The molecular formula is C23H25N3. The van der Waals surface area contributed by atoms with Crippen molar-refractivity contribution in [3.8, 4) is 0 Å². The zero-order valence-corrected chi connectivity index (χ0v) is 15.7. The van der Waals surface area contributed by atoms with E-state index in [4.69, 9.17) is 10.7 Å². The van der Waals surface area contributed by atoms with E-state index in [1.165, 1.54) is 33.0 Å². The van der Waals surface area contributed by atoms with Crippen LogP contribution in [0.5, 0.6) is 0 Å². The Hall–Kier alpha value is -2.65. The summed E-state index contributed by atoms with van der Waals surface area (Å²) in [4.78, 5) is 4.90. The Morgan fingerprint density at radius 1 is 1.00 bits per heavy atom. The lowest BCUT2D eigenvalue weighted by atomic mass is 10.0. The topological polar surface area (TPSA) is 43.8 Å². The molecule has 0 fully saturated rings. The van der Waals surface area contributed by atoms with E-state index in [-0.39, 0.29) is 6.04 Å². The van der Waals surface area contributed by atoms with E-state index in [1.807, 2.05) is 0 Å². The molecule has 4 rings (SSSR count). The Morgan fingerprint density at radius 3 is 2.54 bits per heavy atom. The molecule has 0 spiro atoms. The molecule has 0 saturated carbocycles. The quantitative estimate of drug-likeness (QED) is 0.549. The summed E-state index contributed by atoms with van der Waals surface area (Å²) >= 11 is 0. The van der Waals surface area contributed by atoms with Gasteiger partial charge in [-0.1, -0.05) is 49.4 Å². The van der Waals surface area contributed by atoms with Gasteiger partial charge in [0.05, 0.1) is 23.6 Å². The van der Waals surface area contributed by atoms with Gasteiger partial charge in [-0.3, -0.25) is 0 Å². The van der Waals surface area contributed by atoms with Crippen molar-refractivity contribution in [2.45, 2.75) is 39.8 Å². The van der Waals surface area contributed by atoms with E-state index < -0.39 is 0 Å². The van der Waals surface area contributed by atoms with Crippen molar-refractivity contribution < 1.29 is 0 Å². The minimum Gasteiger partial charge on any atom is -0.322 e. The van der Waals surface area contributed by atoms with Gasteiger partial charge in [-0.25, -0.2) is 4.98 Å². The molecule has 0 amide bonds. The van der Waals surface area contributed by atoms with Gasteiger partial charge >= 0.3 is 0 Å². The lowest BCUT2D eigenvalue weighted by Gasteiger charge is -2.15. The van der Waals surface area contributed by atoms with Crippen molar-refractivity contribution >= 4 is 21.8 Å². The first-order valence-electron chi connectivity index (χ1n) is 9.28. The van der Waals surface area contributed by atoms with E-state index in [1.54, 1.807) is 0 Å². The van der Waals surface area contributed by atoms with Crippen molar-refractivity contribution in [3.05, 3.63) is 77.1 Å². The van der Waals surface area contributed by atoms with Gasteiger partial charge in [-0.05, 0) is 59.9 Å². The van der Waals surface area contributed by atoms with E-state index in [9.17, 15) is 0 Å². The Labute approximate surface area is 154 Å². The summed E-state index contributed by atoms with van der Waals surface area (Å²) in [5.41, 5.74) is 12.5. The van der Waals surface area contributed by atoms with Gasteiger partial charge in [0.2, 0.25) is 0 Å². The maximum Gasteiger partial charge on any atom is 0.127 e. The predicted octanol–water partition coefficient (Wildman–Crippen LogP) is 5.26. The number of hydrogen-bond donors (Lipinski definition) is 1. The Morgan fingerprint density at radius 2 is 1.73 bits per heavy atom. The number of rotatable bonds is 4. The lowest BCUT2D eigenvalue weighted by Crippen LogP contribution is -2.16. The summed E-state index contributed by atoms with van der Waals surface area (Å²) in [6.07, 6.45) is 0.872. The molecule has 4 aromatic rings. The Kier molecular flexibility index (Phi) is 4.25. The van der Waals surface area contributed by atoms with E-state index >= 15 is 0 Å². The first-order chi connectivity index (χ1) is 12.6. The van der Waals surface area contributed by atoms with Crippen LogP contribution in [0, 0.1) is 13.8 Å². The largest absolute Gasteiger partial charge is 0.322 e. The van der Waals surface area contributed by atoms with Crippen LogP contribution < -0.4 is 5.73 Å². The number of nitrogens with two attached hydrogens (primary N) is 1. The second-order valence-corrected chi connectivity index (χ2v) is 7.13. The van der Waals surface area contributed by atoms with Gasteiger partial charge in [-0.2, -0.15) is 0 Å². The van der Waals surface area contributed by atoms with Gasteiger partial charge in [0.15, 0.2) is 0 Å². The van der Waals surface area contributed by atoms with Crippen molar-refractivity contribution in [1.29, 1.82) is 0 Å². The minimum atomic E-state index is -0.0574. The Bertz CT molecular complexity index is 1090. The molecule has 0 aliphatic carbocycles. The summed E-state index contributed by atoms with van der Waals surface area (Å²) in [6.45, 7) is 7.19. The molecule has 26 heavy (non-hydrogen) atoms. The van der Waals surface area contributed by atoms with Crippen LogP contribution in [-0.4, -0.2) is 9.55 Å². The number of aryl methyl sites for hydroxylation is 2. The van der Waals surface area contributed by atoms with Crippen molar-refractivity contribution in [2.24, 2.45) is 5.73 Å². The zero-order chi connectivity index (χ0) is 18.3. The number of aromatic nitrogens is 2. The number of hydrogen-bond acceptors (Lipinski definition) is 2. The fraction of sp³-hybridized carbons (Fsp3) is 0.261. The standard InChI is InChI=1S/C23H25N3/c1-4-20(24)23-25-21-12-15(2)16(3)13-22(21)26(23)14-18-10-7-9-17-8-5-6-11-19(17)18/h5-13,20H,4,14,24H2,1-3H3. The van der Waals surface area contributed by atoms with Gasteiger partial charge in [0.25, 0.3) is 0 Å². The maximum atomic E-state index is 6.42. The summed E-state index contributed by atoms with van der Waals surface area (Å²) in [7, 11) is 0. The molecule has 2 N–H and O–H groups in total. The molecule has 3 nitrogen and oxygen atoms in total. The number of benzene rings is 3. The summed E-state index contributed by atoms with van der Waals surface area (Å²) < 4.78 is 2.30. The normalized spacial score (nSPS) is 12.8. The van der Waals surface area contributed by atoms with Gasteiger partial charge in [-0.15, -0.1) is 0 Å². The van der Waals surface area contributed by atoms with Crippen LogP contribution in [0.4, 0.5) is 0 Å². The molecule has 1 atom stereocenters. The molecule has 0 radical (unpaired) electrons. The highest BCUT2D eigenvalue weighted by Gasteiger charge is 2.17. The van der Waals surface area contributed by atoms with Crippen LogP contribution in [0.15, 0.2) is 54.6 Å². The molecule has 1 aromatic heterocycles. The van der Waals surface area contributed by atoms with Crippen LogP contribution in [0.1, 0.15) is 41.9 Å². The first-order valence-corrected chi connectivity index (χ1v) is 9.28. The smallest absolute Gasteiger partial charge is 0.127 e. The average molecular weight is 343 g/mol. The number of nitrogens with zero attached hydrogens (tertiary/aromatic N) is 2. The maximum absolute atomic E-state index is 6.42. The highest BCUT2D eigenvalue weighted by molar-refractivity contribution is 5.86. The first kappa shape index (κ1) is 16.8. The molecular weight excluding hydrogens is 318 g/mol. The predicted molar refractivity (Wildman–Crippen MR) is 109 cm³/mol. The lowest BCUT2D eigenvalue weighted by molar-refractivity contribution is 0.606. The molecule has 0 aliphatic rings. The Balaban J connectivity index is 1.93. The van der Waals surface area contributed by atoms with Crippen LogP contribution in [-0.2, 0) is 6.54 Å². The highest BCUT2D eigenvalue weighted by Crippen LogP contribution is 2.27. The molecule has 0 aliphatic heterocycles. The average Bonchev–Trinajstić information content (AvgIpc) is 2.99. The zero-order valence-electron chi connectivity index (χ0n) is 15.7. The molecule has 0 saturated heterocycles. The van der Waals surface area contributed by atoms with Gasteiger partial charge < -0.3 is 10.3 Å². The van der Waals surface area contributed by atoms with Crippen LogP contribution in [0.25, 0.3) is 21.8 Å². The SMILES string of the molecule is CCC(N)c1nc2cc(C)c(C)cc2n1Cc1cccc2ccccc12. The van der Waals surface area contributed by atoms with E-state index in [2.05, 4.69) is 79.9 Å². The highest BCUT2D eigenvalue weighted by atomic mass is 15.1. The molecule has 1 unspecified atom stereocenters. The third-order valence-electron chi connectivity index (χ3n) is 5.37. The van der Waals surface area contributed by atoms with Crippen molar-refractivity contribution in [2.75, 3.05) is 0 Å². The van der Waals surface area contributed by atoms with Gasteiger partial charge in [0, 0.05) is 0 Å². The van der Waals surface area contributed by atoms with Crippen LogP contribution in [0.3, 0.4) is 0 Å².